The number of hydrogen-bond acceptors (Lipinski definition) is 3. The Bertz CT molecular complexity index is 807. The molecule has 1 aliphatic rings. The van der Waals surface area contributed by atoms with Crippen LogP contribution in [0.1, 0.15) is 25.3 Å². The fraction of sp³-hybridized carbons (Fsp3) is 0.333. The third kappa shape index (κ3) is 4.52. The van der Waals surface area contributed by atoms with E-state index >= 15 is 0 Å². The maximum absolute atomic E-state index is 13.7. The number of benzene rings is 2. The summed E-state index contributed by atoms with van der Waals surface area (Å²) in [5, 5.41) is 1.82. The van der Waals surface area contributed by atoms with Crippen LogP contribution >= 0.6 is 0 Å². The molecule has 2 aromatic carbocycles. The van der Waals surface area contributed by atoms with E-state index in [4.69, 9.17) is 4.74 Å². The molecule has 1 saturated heterocycles. The lowest BCUT2D eigenvalue weighted by atomic mass is 10.1. The molecule has 3 rings (SSSR count). The van der Waals surface area contributed by atoms with Crippen molar-refractivity contribution >= 4 is 17.5 Å². The number of quaternary nitrogens is 1. The summed E-state index contributed by atoms with van der Waals surface area (Å²) in [4.78, 5) is 26.2. The van der Waals surface area contributed by atoms with Crippen molar-refractivity contribution in [1.82, 2.24) is 0 Å². The van der Waals surface area contributed by atoms with E-state index in [1.165, 1.54) is 11.0 Å². The van der Waals surface area contributed by atoms with Gasteiger partial charge in [0.15, 0.2) is 6.04 Å². The Kier molecular flexibility index (Phi) is 6.19. The smallest absolute Gasteiger partial charge is 0.292 e. The fourth-order valence-electron chi connectivity index (χ4n) is 3.16. The van der Waals surface area contributed by atoms with E-state index in [1.807, 2.05) is 12.2 Å². The van der Waals surface area contributed by atoms with Gasteiger partial charge < -0.3 is 10.1 Å². The summed E-state index contributed by atoms with van der Waals surface area (Å²) in [6.45, 7) is 3.20. The average molecular weight is 371 g/mol. The van der Waals surface area contributed by atoms with E-state index in [2.05, 4.69) is 0 Å². The Hall–Kier alpha value is -2.73. The summed E-state index contributed by atoms with van der Waals surface area (Å²) >= 11 is 0. The van der Waals surface area contributed by atoms with Gasteiger partial charge in [-0.2, -0.15) is 0 Å². The molecule has 2 N–H and O–H groups in total. The third-order valence-electron chi connectivity index (χ3n) is 4.57. The predicted octanol–water partition coefficient (Wildman–Crippen LogP) is 2.05. The van der Waals surface area contributed by atoms with Crippen LogP contribution in [0.3, 0.4) is 0 Å². The zero-order valence-electron chi connectivity index (χ0n) is 15.4. The highest BCUT2D eigenvalue weighted by atomic mass is 19.1. The topological polar surface area (TPSA) is 63.2 Å². The minimum atomic E-state index is -0.458. The number of ether oxygens (including phenoxy) is 1. The van der Waals surface area contributed by atoms with Crippen LogP contribution < -0.4 is 15.0 Å². The molecule has 6 heteroatoms. The Labute approximate surface area is 158 Å². The first-order valence-corrected chi connectivity index (χ1v) is 9.26. The number of carbonyl (C=O) groups is 2. The van der Waals surface area contributed by atoms with Gasteiger partial charge in [-0.3, -0.25) is 9.59 Å². The van der Waals surface area contributed by atoms with Crippen LogP contribution in [-0.2, 0) is 16.0 Å². The maximum Gasteiger partial charge on any atom is 0.292 e. The Morgan fingerprint density at radius 2 is 1.89 bits per heavy atom. The number of amides is 2. The molecule has 1 heterocycles. The number of anilines is 1. The Balaban J connectivity index is 1.58. The molecule has 0 aromatic heterocycles. The number of nitrogens with zero attached hydrogens (tertiary/aromatic N) is 1. The highest BCUT2D eigenvalue weighted by Gasteiger charge is 2.42. The molecule has 142 valence electrons. The van der Waals surface area contributed by atoms with Gasteiger partial charge in [-0.05, 0) is 42.3 Å². The molecule has 0 radical (unpaired) electrons. The molecular weight excluding hydrogens is 347 g/mol. The number of carbonyl (C=O) groups excluding carboxylic acids is 2. The van der Waals surface area contributed by atoms with Crippen LogP contribution in [0, 0.1) is 5.82 Å². The summed E-state index contributed by atoms with van der Waals surface area (Å²) < 4.78 is 19.2. The molecule has 1 aliphatic heterocycles. The van der Waals surface area contributed by atoms with E-state index in [0.717, 1.165) is 6.42 Å². The summed E-state index contributed by atoms with van der Waals surface area (Å²) in [7, 11) is 0. The summed E-state index contributed by atoms with van der Waals surface area (Å²) in [5.74, 6) is 0.0320. The monoisotopic (exact) mass is 371 g/mol. The summed E-state index contributed by atoms with van der Waals surface area (Å²) in [6.07, 6.45) is 1.58. The van der Waals surface area contributed by atoms with Gasteiger partial charge in [0, 0.05) is 6.42 Å². The van der Waals surface area contributed by atoms with Gasteiger partial charge in [-0.15, -0.1) is 0 Å². The quantitative estimate of drug-likeness (QED) is 0.723. The zero-order valence-corrected chi connectivity index (χ0v) is 15.4. The van der Waals surface area contributed by atoms with Crippen LogP contribution in [-0.4, -0.2) is 31.0 Å². The van der Waals surface area contributed by atoms with Gasteiger partial charge >= 0.3 is 0 Å². The standard InChI is InChI=1S/C21H23FN2O3/c1-2-13-27-17-9-7-16(8-10-17)24-20(25)14-19(21(24)26)23-12-11-15-5-3-4-6-18(15)22/h3-10,19,23H,2,11-14H2,1H3/p+1/t19-/m1/s1. The summed E-state index contributed by atoms with van der Waals surface area (Å²) in [5.41, 5.74) is 1.17. The van der Waals surface area contributed by atoms with E-state index in [1.54, 1.807) is 42.5 Å². The van der Waals surface area contributed by atoms with Crippen LogP contribution in [0.2, 0.25) is 0 Å². The van der Waals surface area contributed by atoms with Crippen molar-refractivity contribution in [2.75, 3.05) is 18.1 Å². The minimum absolute atomic E-state index is 0.157. The van der Waals surface area contributed by atoms with Gasteiger partial charge in [-0.25, -0.2) is 9.29 Å². The predicted molar refractivity (Wildman–Crippen MR) is 100 cm³/mol. The number of hydrogen-bond donors (Lipinski definition) is 1. The molecule has 2 amide bonds. The molecular formula is C21H24FN2O3+. The first-order chi connectivity index (χ1) is 13.1. The van der Waals surface area contributed by atoms with Crippen LogP contribution in [0.15, 0.2) is 48.5 Å². The Morgan fingerprint density at radius 3 is 2.59 bits per heavy atom. The molecule has 5 nitrogen and oxygen atoms in total. The molecule has 0 spiro atoms. The van der Waals surface area contributed by atoms with Gasteiger partial charge in [-0.1, -0.05) is 25.1 Å². The van der Waals surface area contributed by atoms with E-state index in [0.29, 0.717) is 36.6 Å². The normalized spacial score (nSPS) is 16.8. The van der Waals surface area contributed by atoms with Crippen molar-refractivity contribution in [2.24, 2.45) is 0 Å². The first kappa shape index (κ1) is 19.0. The lowest BCUT2D eigenvalue weighted by Gasteiger charge is -2.15. The van der Waals surface area contributed by atoms with Crippen molar-refractivity contribution in [3.8, 4) is 5.75 Å². The average Bonchev–Trinajstić information content (AvgIpc) is 2.95. The van der Waals surface area contributed by atoms with Crippen molar-refractivity contribution in [2.45, 2.75) is 32.2 Å². The minimum Gasteiger partial charge on any atom is -0.494 e. The van der Waals surface area contributed by atoms with Gasteiger partial charge in [0.05, 0.1) is 25.3 Å². The second kappa shape index (κ2) is 8.77. The third-order valence-corrected chi connectivity index (χ3v) is 4.57. The maximum atomic E-state index is 13.7. The fourth-order valence-corrected chi connectivity index (χ4v) is 3.16. The molecule has 2 aromatic rings. The van der Waals surface area contributed by atoms with Crippen molar-refractivity contribution in [1.29, 1.82) is 0 Å². The van der Waals surface area contributed by atoms with Crippen LogP contribution in [0.25, 0.3) is 0 Å². The van der Waals surface area contributed by atoms with Gasteiger partial charge in [0.2, 0.25) is 5.91 Å². The second-order valence-electron chi connectivity index (χ2n) is 6.59. The van der Waals surface area contributed by atoms with Crippen molar-refractivity contribution in [3.05, 3.63) is 59.9 Å². The van der Waals surface area contributed by atoms with Gasteiger partial charge in [0.1, 0.15) is 11.6 Å². The lowest BCUT2D eigenvalue weighted by molar-refractivity contribution is -0.674. The van der Waals surface area contributed by atoms with Crippen molar-refractivity contribution < 1.29 is 24.0 Å². The number of rotatable bonds is 8. The number of imide groups is 1. The van der Waals surface area contributed by atoms with Crippen molar-refractivity contribution in [3.63, 3.8) is 0 Å². The molecule has 27 heavy (non-hydrogen) atoms. The largest absolute Gasteiger partial charge is 0.494 e. The molecule has 0 unspecified atom stereocenters. The van der Waals surface area contributed by atoms with Crippen LogP contribution in [0.5, 0.6) is 5.75 Å². The van der Waals surface area contributed by atoms with Gasteiger partial charge in [0.25, 0.3) is 5.91 Å². The zero-order chi connectivity index (χ0) is 19.2. The van der Waals surface area contributed by atoms with E-state index in [-0.39, 0.29) is 24.1 Å². The molecule has 1 fully saturated rings. The number of halogens is 1. The SMILES string of the molecule is CCCOc1ccc(N2C(=O)C[C@@H]([NH2+]CCc3ccccc3F)C2=O)cc1. The lowest BCUT2D eigenvalue weighted by Crippen LogP contribution is -2.92. The molecule has 0 bridgehead atoms. The van der Waals surface area contributed by atoms with E-state index < -0.39 is 6.04 Å². The molecule has 1 atom stereocenters. The Morgan fingerprint density at radius 1 is 1.15 bits per heavy atom. The highest BCUT2D eigenvalue weighted by Crippen LogP contribution is 2.24. The van der Waals surface area contributed by atoms with E-state index in [9.17, 15) is 14.0 Å². The highest BCUT2D eigenvalue weighted by molar-refractivity contribution is 6.21. The summed E-state index contributed by atoms with van der Waals surface area (Å²) in [6, 6.07) is 13.1. The first-order valence-electron chi connectivity index (χ1n) is 9.26. The second-order valence-corrected chi connectivity index (χ2v) is 6.59. The molecule has 0 saturated carbocycles. The molecule has 0 aliphatic carbocycles. The van der Waals surface area contributed by atoms with Crippen LogP contribution in [0.4, 0.5) is 10.1 Å². The number of nitrogens with two attached hydrogens (primary N) is 1.